The van der Waals surface area contributed by atoms with Gasteiger partial charge in [-0.3, -0.25) is 0 Å². The first-order valence-electron chi connectivity index (χ1n) is 9.79. The summed E-state index contributed by atoms with van der Waals surface area (Å²) in [6.07, 6.45) is -13.2. The topological polar surface area (TPSA) is 136 Å². The molecular formula is C17H23F6N5O5S. The van der Waals surface area contributed by atoms with Crippen LogP contribution in [-0.4, -0.2) is 89.9 Å². The van der Waals surface area contributed by atoms with Gasteiger partial charge >= 0.3 is 18.4 Å². The minimum absolute atomic E-state index is 0.106. The number of piperazine rings is 1. The van der Waals surface area contributed by atoms with Gasteiger partial charge in [-0.25, -0.2) is 27.9 Å². The fourth-order valence-corrected chi connectivity index (χ4v) is 4.77. The highest BCUT2D eigenvalue weighted by Gasteiger charge is 2.71. The average Bonchev–Trinajstić information content (AvgIpc) is 2.69. The molecule has 1 saturated heterocycles. The molecule has 0 unspecified atom stereocenters. The summed E-state index contributed by atoms with van der Waals surface area (Å²) in [6, 6.07) is -0.915. The van der Waals surface area contributed by atoms with Crippen LogP contribution in [0.2, 0.25) is 0 Å². The number of aliphatic hydroxyl groups is 1. The van der Waals surface area contributed by atoms with Gasteiger partial charge in [-0.05, 0) is 5.92 Å². The van der Waals surface area contributed by atoms with Gasteiger partial charge in [0.2, 0.25) is 16.0 Å². The zero-order chi connectivity index (χ0) is 26.1. The lowest BCUT2D eigenvalue weighted by atomic mass is 9.95. The normalized spacial score (nSPS) is 18.5. The Balaban J connectivity index is 2.34. The predicted molar refractivity (Wildman–Crippen MR) is 105 cm³/mol. The van der Waals surface area contributed by atoms with Crippen molar-refractivity contribution in [2.24, 2.45) is 5.92 Å². The molecule has 17 heteroatoms. The Hall–Kier alpha value is -2.40. The quantitative estimate of drug-likeness (QED) is 0.458. The summed E-state index contributed by atoms with van der Waals surface area (Å²) in [7, 11) is -3.75. The molecular weight excluding hydrogens is 500 g/mol. The first-order chi connectivity index (χ1) is 15.4. The molecule has 0 aromatic carbocycles. The number of aromatic nitrogens is 2. The number of carboxylic acid groups (broad SMARTS) is 1. The molecule has 1 aliphatic heterocycles. The summed E-state index contributed by atoms with van der Waals surface area (Å²) in [4.78, 5) is 20.6. The van der Waals surface area contributed by atoms with Gasteiger partial charge in [0, 0.05) is 44.1 Å². The highest BCUT2D eigenvalue weighted by atomic mass is 32.2. The van der Waals surface area contributed by atoms with E-state index in [1.54, 1.807) is 13.8 Å². The molecule has 3 N–H and O–H groups in total. The van der Waals surface area contributed by atoms with Crippen LogP contribution >= 0.6 is 0 Å². The summed E-state index contributed by atoms with van der Waals surface area (Å²) < 4.78 is 105. The van der Waals surface area contributed by atoms with Crippen LogP contribution in [0.3, 0.4) is 0 Å². The highest BCUT2D eigenvalue weighted by molar-refractivity contribution is 7.89. The first-order valence-corrected chi connectivity index (χ1v) is 11.4. The number of hydrogen-bond acceptors (Lipinski definition) is 7. The van der Waals surface area contributed by atoms with E-state index in [4.69, 9.17) is 0 Å². The Bertz CT molecular complexity index is 956. The largest absolute Gasteiger partial charge is 0.465 e. The number of hydrogen-bond donors (Lipinski definition) is 3. The van der Waals surface area contributed by atoms with Crippen LogP contribution in [0.4, 0.5) is 37.1 Å². The molecule has 1 aromatic rings. The van der Waals surface area contributed by atoms with Gasteiger partial charge in [-0.2, -0.15) is 26.3 Å². The summed E-state index contributed by atoms with van der Waals surface area (Å²) in [5.74, 6) is -0.804. The number of alkyl halides is 6. The van der Waals surface area contributed by atoms with Crippen LogP contribution in [0.15, 0.2) is 12.4 Å². The van der Waals surface area contributed by atoms with Gasteiger partial charge in [-0.15, -0.1) is 0 Å². The second kappa shape index (κ2) is 9.69. The zero-order valence-corrected chi connectivity index (χ0v) is 18.7. The Labute approximate surface area is 190 Å². The van der Waals surface area contributed by atoms with Crippen molar-refractivity contribution in [1.29, 1.82) is 0 Å². The number of halogens is 6. The molecule has 1 fully saturated rings. The van der Waals surface area contributed by atoms with Crippen molar-refractivity contribution in [3.63, 3.8) is 0 Å². The highest BCUT2D eigenvalue weighted by Crippen LogP contribution is 2.49. The van der Waals surface area contributed by atoms with E-state index in [0.29, 0.717) is 0 Å². The smallest absolute Gasteiger partial charge is 0.430 e. The maximum Gasteiger partial charge on any atom is 0.430 e. The SMILES string of the molecule is CC(C)CS(=O)(=O)NC[C@H]1CN(C(=O)O)CCN1c1ncc(C(O)(C(F)(F)F)C(F)(F)F)cn1. The van der Waals surface area contributed by atoms with E-state index in [0.717, 1.165) is 4.90 Å². The van der Waals surface area contributed by atoms with Crippen LogP contribution in [0, 0.1) is 5.92 Å². The molecule has 0 bridgehead atoms. The summed E-state index contributed by atoms with van der Waals surface area (Å²) in [5, 5.41) is 18.7. The molecule has 10 nitrogen and oxygen atoms in total. The maximum atomic E-state index is 13.1. The molecule has 0 aliphatic carbocycles. The number of sulfonamides is 1. The Kier molecular flexibility index (Phi) is 7.94. The van der Waals surface area contributed by atoms with Crippen LogP contribution in [-0.2, 0) is 15.6 Å². The fourth-order valence-electron chi connectivity index (χ4n) is 3.33. The van der Waals surface area contributed by atoms with E-state index in [1.807, 2.05) is 0 Å². The molecule has 0 spiro atoms. The third kappa shape index (κ3) is 5.99. The van der Waals surface area contributed by atoms with Crippen LogP contribution < -0.4 is 9.62 Å². The average molecular weight is 523 g/mol. The maximum absolute atomic E-state index is 13.1. The van der Waals surface area contributed by atoms with Crippen molar-refractivity contribution < 1.29 is 49.8 Å². The van der Waals surface area contributed by atoms with Gasteiger partial charge in [0.05, 0.1) is 11.8 Å². The summed E-state index contributed by atoms with van der Waals surface area (Å²) >= 11 is 0. The van der Waals surface area contributed by atoms with E-state index in [1.165, 1.54) is 4.90 Å². The molecule has 194 valence electrons. The molecule has 1 aliphatic rings. The number of rotatable bonds is 7. The molecule has 2 rings (SSSR count). The van der Waals surface area contributed by atoms with E-state index in [9.17, 15) is 49.8 Å². The van der Waals surface area contributed by atoms with Crippen molar-refractivity contribution in [2.75, 3.05) is 36.8 Å². The monoisotopic (exact) mass is 523 g/mol. The second-order valence-corrected chi connectivity index (χ2v) is 9.93. The summed E-state index contributed by atoms with van der Waals surface area (Å²) in [5.41, 5.74) is -6.86. The number of nitrogens with zero attached hydrogens (tertiary/aromatic N) is 4. The molecule has 1 amide bonds. The third-order valence-electron chi connectivity index (χ3n) is 4.98. The molecule has 1 atom stereocenters. The second-order valence-electron chi connectivity index (χ2n) is 8.08. The third-order valence-corrected chi connectivity index (χ3v) is 6.69. The minimum Gasteiger partial charge on any atom is -0.465 e. The van der Waals surface area contributed by atoms with Crippen LogP contribution in [0.5, 0.6) is 0 Å². The Morgan fingerprint density at radius 2 is 1.68 bits per heavy atom. The Morgan fingerprint density at radius 1 is 1.15 bits per heavy atom. The van der Waals surface area contributed by atoms with Crippen molar-refractivity contribution in [3.8, 4) is 0 Å². The van der Waals surface area contributed by atoms with Gasteiger partial charge in [-0.1, -0.05) is 13.8 Å². The van der Waals surface area contributed by atoms with Crippen LogP contribution in [0.1, 0.15) is 19.4 Å². The number of anilines is 1. The van der Waals surface area contributed by atoms with Crippen LogP contribution in [0.25, 0.3) is 0 Å². The minimum atomic E-state index is -6.11. The van der Waals surface area contributed by atoms with Gasteiger partial charge < -0.3 is 20.0 Å². The van der Waals surface area contributed by atoms with E-state index in [-0.39, 0.29) is 56.2 Å². The van der Waals surface area contributed by atoms with Gasteiger partial charge in [0.25, 0.3) is 5.60 Å². The molecule has 2 heterocycles. The lowest BCUT2D eigenvalue weighted by Crippen LogP contribution is -2.59. The molecule has 34 heavy (non-hydrogen) atoms. The lowest BCUT2D eigenvalue weighted by Gasteiger charge is -2.40. The molecule has 0 saturated carbocycles. The lowest BCUT2D eigenvalue weighted by molar-refractivity contribution is -0.376. The number of amides is 1. The molecule has 0 radical (unpaired) electrons. The van der Waals surface area contributed by atoms with Gasteiger partial charge in [0.15, 0.2) is 0 Å². The standard InChI is InChI=1S/C17H23F6N5O5S/c1-10(2)9-34(32,33)26-7-12-8-27(14(29)30)3-4-28(12)13-24-5-11(6-25-13)15(31,16(18,19)20)17(21,22)23/h5-6,10,12,26,31H,3-4,7-9H2,1-2H3,(H,29,30)/t12-/m0/s1. The number of nitrogens with one attached hydrogen (secondary N) is 1. The predicted octanol–water partition coefficient (Wildman–Crippen LogP) is 1.53. The van der Waals surface area contributed by atoms with E-state index >= 15 is 0 Å². The van der Waals surface area contributed by atoms with Crippen molar-refractivity contribution >= 4 is 22.1 Å². The number of carbonyl (C=O) groups is 1. The van der Waals surface area contributed by atoms with Crippen molar-refractivity contribution in [2.45, 2.75) is 37.8 Å². The molecule has 1 aromatic heterocycles. The van der Waals surface area contributed by atoms with Crippen molar-refractivity contribution in [3.05, 3.63) is 18.0 Å². The van der Waals surface area contributed by atoms with E-state index in [2.05, 4.69) is 14.7 Å². The fraction of sp³-hybridized carbons (Fsp3) is 0.706. The summed E-state index contributed by atoms with van der Waals surface area (Å²) in [6.45, 7) is 2.54. The zero-order valence-electron chi connectivity index (χ0n) is 17.9. The Morgan fingerprint density at radius 3 is 2.12 bits per heavy atom. The van der Waals surface area contributed by atoms with Crippen molar-refractivity contribution in [1.82, 2.24) is 19.6 Å². The van der Waals surface area contributed by atoms with E-state index < -0.39 is 45.7 Å². The van der Waals surface area contributed by atoms with Gasteiger partial charge in [0.1, 0.15) is 0 Å². The first kappa shape index (κ1) is 27.8.